The van der Waals surface area contributed by atoms with Gasteiger partial charge in [0.2, 0.25) is 0 Å². The second-order valence-corrected chi connectivity index (χ2v) is 4.05. The Morgan fingerprint density at radius 2 is 2.31 bits per heavy atom. The second-order valence-electron chi connectivity index (χ2n) is 4.05. The lowest BCUT2D eigenvalue weighted by Gasteiger charge is -2.11. The Bertz CT molecular complexity index is 445. The number of nitrogens with zero attached hydrogens (tertiary/aromatic N) is 1. The minimum atomic E-state index is 0.278. The largest absolute Gasteiger partial charge is 0.466 e. The molecule has 0 aliphatic rings. The summed E-state index contributed by atoms with van der Waals surface area (Å²) in [6, 6.07) is 4.33. The van der Waals surface area contributed by atoms with Gasteiger partial charge in [0, 0.05) is 30.0 Å². The number of H-pyrrole nitrogens is 1. The number of hydrogen-bond donors (Lipinski definition) is 2. The van der Waals surface area contributed by atoms with Crippen molar-refractivity contribution in [2.24, 2.45) is 0 Å². The normalized spacial score (nSPS) is 12.9. The van der Waals surface area contributed by atoms with E-state index in [9.17, 15) is 0 Å². The maximum atomic E-state index is 5.51. The van der Waals surface area contributed by atoms with E-state index in [1.165, 1.54) is 5.56 Å². The number of nitrogens with one attached hydrogen (secondary N) is 2. The highest BCUT2D eigenvalue weighted by Gasteiger charge is 2.11. The highest BCUT2D eigenvalue weighted by molar-refractivity contribution is 5.23. The van der Waals surface area contributed by atoms with Gasteiger partial charge in [-0.15, -0.1) is 0 Å². The first-order chi connectivity index (χ1) is 7.66. The summed E-state index contributed by atoms with van der Waals surface area (Å²) in [6.07, 6.45) is 1.76. The van der Waals surface area contributed by atoms with E-state index in [-0.39, 0.29) is 6.04 Å². The lowest BCUT2D eigenvalue weighted by molar-refractivity contribution is 0.489. The molecule has 2 N–H and O–H groups in total. The number of aromatic nitrogens is 2. The fourth-order valence-corrected chi connectivity index (χ4v) is 1.84. The van der Waals surface area contributed by atoms with Gasteiger partial charge < -0.3 is 9.73 Å². The molecule has 1 atom stereocenters. The summed E-state index contributed by atoms with van der Waals surface area (Å²) in [5.74, 6) is 1.95. The van der Waals surface area contributed by atoms with E-state index in [0.29, 0.717) is 0 Å². The van der Waals surface area contributed by atoms with E-state index in [1.807, 2.05) is 19.9 Å². The fourth-order valence-electron chi connectivity index (χ4n) is 1.84. The maximum Gasteiger partial charge on any atom is 0.105 e. The van der Waals surface area contributed by atoms with Crippen LogP contribution in [0.15, 0.2) is 22.7 Å². The van der Waals surface area contributed by atoms with Crippen molar-refractivity contribution < 1.29 is 4.42 Å². The third-order valence-corrected chi connectivity index (χ3v) is 2.70. The van der Waals surface area contributed by atoms with Crippen LogP contribution in [0.5, 0.6) is 0 Å². The molecule has 4 nitrogen and oxygen atoms in total. The van der Waals surface area contributed by atoms with Crippen LogP contribution >= 0.6 is 0 Å². The van der Waals surface area contributed by atoms with Gasteiger partial charge in [-0.3, -0.25) is 5.10 Å². The summed E-state index contributed by atoms with van der Waals surface area (Å²) in [7, 11) is 0. The Morgan fingerprint density at radius 3 is 2.88 bits per heavy atom. The van der Waals surface area contributed by atoms with Crippen molar-refractivity contribution in [3.05, 3.63) is 41.1 Å². The summed E-state index contributed by atoms with van der Waals surface area (Å²) in [5, 5.41) is 10.3. The summed E-state index contributed by atoms with van der Waals surface area (Å²) in [4.78, 5) is 0. The van der Waals surface area contributed by atoms with Crippen molar-refractivity contribution in [1.29, 1.82) is 0 Å². The second kappa shape index (κ2) is 4.53. The summed E-state index contributed by atoms with van der Waals surface area (Å²) >= 11 is 0. The molecule has 2 aromatic heterocycles. The molecule has 86 valence electrons. The zero-order chi connectivity index (χ0) is 11.5. The third kappa shape index (κ3) is 2.33. The molecule has 16 heavy (non-hydrogen) atoms. The molecule has 0 bridgehead atoms. The van der Waals surface area contributed by atoms with Crippen molar-refractivity contribution in [3.63, 3.8) is 0 Å². The van der Waals surface area contributed by atoms with Crippen LogP contribution in [-0.4, -0.2) is 10.2 Å². The van der Waals surface area contributed by atoms with Gasteiger partial charge in [0.05, 0.1) is 0 Å². The number of hydrogen-bond acceptors (Lipinski definition) is 3. The molecule has 0 aliphatic carbocycles. The van der Waals surface area contributed by atoms with Crippen LogP contribution in [0.2, 0.25) is 0 Å². The number of aryl methyl sites for hydroxylation is 2. The van der Waals surface area contributed by atoms with Gasteiger partial charge in [-0.2, -0.15) is 5.10 Å². The molecule has 0 aliphatic heterocycles. The first kappa shape index (κ1) is 11.0. The molecule has 2 rings (SSSR count). The zero-order valence-electron chi connectivity index (χ0n) is 9.87. The predicted molar refractivity (Wildman–Crippen MR) is 62.0 cm³/mol. The van der Waals surface area contributed by atoms with Crippen LogP contribution in [0.25, 0.3) is 0 Å². The van der Waals surface area contributed by atoms with Gasteiger partial charge in [-0.1, -0.05) is 0 Å². The molecule has 0 saturated heterocycles. The van der Waals surface area contributed by atoms with Crippen molar-refractivity contribution in [2.45, 2.75) is 33.4 Å². The Kier molecular flexibility index (Phi) is 3.10. The Hall–Kier alpha value is -1.55. The lowest BCUT2D eigenvalue weighted by atomic mass is 10.1. The molecule has 0 amide bonds. The average Bonchev–Trinajstić information content (AvgIpc) is 2.84. The minimum absolute atomic E-state index is 0.278. The summed E-state index contributed by atoms with van der Waals surface area (Å²) in [6.45, 7) is 6.88. The highest BCUT2D eigenvalue weighted by atomic mass is 16.3. The average molecular weight is 219 g/mol. The minimum Gasteiger partial charge on any atom is -0.466 e. The van der Waals surface area contributed by atoms with E-state index >= 15 is 0 Å². The smallest absolute Gasteiger partial charge is 0.105 e. The van der Waals surface area contributed by atoms with E-state index in [0.717, 1.165) is 23.8 Å². The van der Waals surface area contributed by atoms with Crippen LogP contribution in [0.4, 0.5) is 0 Å². The van der Waals surface area contributed by atoms with Crippen molar-refractivity contribution in [1.82, 2.24) is 15.5 Å². The van der Waals surface area contributed by atoms with Crippen LogP contribution in [0.1, 0.15) is 35.7 Å². The molecule has 2 aromatic rings. The molecule has 2 heterocycles. The van der Waals surface area contributed by atoms with Crippen molar-refractivity contribution >= 4 is 0 Å². The molecule has 0 spiro atoms. The number of aromatic amines is 1. The van der Waals surface area contributed by atoms with Gasteiger partial charge in [-0.25, -0.2) is 0 Å². The number of furan rings is 1. The topological polar surface area (TPSA) is 53.9 Å². The van der Waals surface area contributed by atoms with E-state index in [4.69, 9.17) is 4.42 Å². The Morgan fingerprint density at radius 1 is 1.50 bits per heavy atom. The third-order valence-electron chi connectivity index (χ3n) is 2.70. The molecule has 1 unspecified atom stereocenters. The molecular weight excluding hydrogens is 202 g/mol. The quantitative estimate of drug-likeness (QED) is 0.830. The van der Waals surface area contributed by atoms with Crippen molar-refractivity contribution in [2.75, 3.05) is 0 Å². The SMILES string of the molecule is Cc1cc(C(C)NCc2ccn[nH]2)c(C)o1. The van der Waals surface area contributed by atoms with Gasteiger partial charge in [0.1, 0.15) is 11.5 Å². The van der Waals surface area contributed by atoms with E-state index in [1.54, 1.807) is 6.20 Å². The first-order valence-corrected chi connectivity index (χ1v) is 5.45. The van der Waals surface area contributed by atoms with Gasteiger partial charge >= 0.3 is 0 Å². The zero-order valence-corrected chi connectivity index (χ0v) is 9.87. The fraction of sp³-hybridized carbons (Fsp3) is 0.417. The number of rotatable bonds is 4. The van der Waals surface area contributed by atoms with Crippen LogP contribution in [-0.2, 0) is 6.54 Å². The van der Waals surface area contributed by atoms with Crippen LogP contribution in [0.3, 0.4) is 0 Å². The lowest BCUT2D eigenvalue weighted by Crippen LogP contribution is -2.18. The van der Waals surface area contributed by atoms with E-state index in [2.05, 4.69) is 28.5 Å². The molecule has 4 heteroatoms. The molecular formula is C12H17N3O. The Balaban J connectivity index is 1.98. The summed E-state index contributed by atoms with van der Waals surface area (Å²) < 4.78 is 5.51. The van der Waals surface area contributed by atoms with Gasteiger partial charge in [-0.05, 0) is 32.9 Å². The van der Waals surface area contributed by atoms with E-state index < -0.39 is 0 Å². The summed E-state index contributed by atoms with van der Waals surface area (Å²) in [5.41, 5.74) is 2.31. The molecule has 0 radical (unpaired) electrons. The predicted octanol–water partition coefficient (Wildman–Crippen LogP) is 2.47. The van der Waals surface area contributed by atoms with Crippen LogP contribution < -0.4 is 5.32 Å². The molecule has 0 saturated carbocycles. The standard InChI is InChI=1S/C12H17N3O/c1-8-6-12(10(3)16-8)9(2)13-7-11-4-5-14-15-11/h4-6,9,13H,7H2,1-3H3,(H,14,15). The molecule has 0 aromatic carbocycles. The monoisotopic (exact) mass is 219 g/mol. The molecule has 0 fully saturated rings. The van der Waals surface area contributed by atoms with Crippen LogP contribution in [0, 0.1) is 13.8 Å². The first-order valence-electron chi connectivity index (χ1n) is 5.45. The van der Waals surface area contributed by atoms with Gasteiger partial charge in [0.25, 0.3) is 0 Å². The van der Waals surface area contributed by atoms with Crippen molar-refractivity contribution in [3.8, 4) is 0 Å². The highest BCUT2D eigenvalue weighted by Crippen LogP contribution is 2.21. The maximum absolute atomic E-state index is 5.51. The van der Waals surface area contributed by atoms with Gasteiger partial charge in [0.15, 0.2) is 0 Å². The Labute approximate surface area is 95.1 Å².